The smallest absolute Gasteiger partial charge is 0.307 e. The second kappa shape index (κ2) is 6.27. The second-order valence-corrected chi connectivity index (χ2v) is 4.92. The van der Waals surface area contributed by atoms with E-state index >= 15 is 0 Å². The van der Waals surface area contributed by atoms with Crippen molar-refractivity contribution in [1.82, 2.24) is 0 Å². The lowest BCUT2D eigenvalue weighted by atomic mass is 10.1. The molecular formula is C9H19NO2S. The van der Waals surface area contributed by atoms with E-state index in [9.17, 15) is 4.79 Å². The van der Waals surface area contributed by atoms with Crippen LogP contribution in [0.2, 0.25) is 0 Å². The van der Waals surface area contributed by atoms with Crippen LogP contribution in [0.1, 0.15) is 20.8 Å². The molecule has 3 unspecified atom stereocenters. The third-order valence-electron chi connectivity index (χ3n) is 2.14. The Hall–Kier alpha value is -0.220. The molecule has 0 spiro atoms. The standard InChI is InChI=1S/C9H19NO2S/c1-6(4-10)5-13-8(3)7(2)9(11)12/h6-8H,4-5,10H2,1-3H3,(H,11,12). The van der Waals surface area contributed by atoms with Crippen LogP contribution in [0.4, 0.5) is 0 Å². The van der Waals surface area contributed by atoms with Crippen molar-refractivity contribution in [3.05, 3.63) is 0 Å². The quantitative estimate of drug-likeness (QED) is 0.688. The Morgan fingerprint density at radius 2 is 2.00 bits per heavy atom. The number of carboxylic acid groups (broad SMARTS) is 1. The molecule has 0 aliphatic heterocycles. The normalized spacial score (nSPS) is 17.8. The van der Waals surface area contributed by atoms with Crippen LogP contribution in [0.5, 0.6) is 0 Å². The molecule has 0 radical (unpaired) electrons. The lowest BCUT2D eigenvalue weighted by Crippen LogP contribution is -2.22. The topological polar surface area (TPSA) is 63.3 Å². The SMILES string of the molecule is CC(CN)CSC(C)C(C)C(=O)O. The van der Waals surface area contributed by atoms with Crippen LogP contribution < -0.4 is 5.73 Å². The maximum Gasteiger partial charge on any atom is 0.307 e. The summed E-state index contributed by atoms with van der Waals surface area (Å²) in [5.41, 5.74) is 5.46. The van der Waals surface area contributed by atoms with E-state index in [0.717, 1.165) is 5.75 Å². The van der Waals surface area contributed by atoms with Gasteiger partial charge in [0.1, 0.15) is 0 Å². The van der Waals surface area contributed by atoms with Gasteiger partial charge in [-0.05, 0) is 18.2 Å². The van der Waals surface area contributed by atoms with Crippen LogP contribution in [0.25, 0.3) is 0 Å². The van der Waals surface area contributed by atoms with Gasteiger partial charge in [-0.2, -0.15) is 11.8 Å². The van der Waals surface area contributed by atoms with Crippen LogP contribution in [-0.2, 0) is 4.79 Å². The summed E-state index contributed by atoms with van der Waals surface area (Å²) in [6.07, 6.45) is 0. The molecule has 0 rings (SSSR count). The predicted octanol–water partition coefficient (Wildman–Crippen LogP) is 1.42. The zero-order valence-corrected chi connectivity index (χ0v) is 9.30. The lowest BCUT2D eigenvalue weighted by Gasteiger charge is -2.17. The molecule has 13 heavy (non-hydrogen) atoms. The van der Waals surface area contributed by atoms with E-state index in [2.05, 4.69) is 6.92 Å². The van der Waals surface area contributed by atoms with Gasteiger partial charge in [0.2, 0.25) is 0 Å². The molecule has 78 valence electrons. The zero-order chi connectivity index (χ0) is 10.4. The Kier molecular flexibility index (Phi) is 6.16. The van der Waals surface area contributed by atoms with Gasteiger partial charge in [-0.1, -0.05) is 20.8 Å². The van der Waals surface area contributed by atoms with Crippen LogP contribution in [0.15, 0.2) is 0 Å². The van der Waals surface area contributed by atoms with Gasteiger partial charge in [0.25, 0.3) is 0 Å². The predicted molar refractivity (Wildman–Crippen MR) is 56.9 cm³/mol. The maximum atomic E-state index is 10.6. The fourth-order valence-electron chi connectivity index (χ4n) is 0.729. The van der Waals surface area contributed by atoms with Crippen molar-refractivity contribution >= 4 is 17.7 Å². The highest BCUT2D eigenvalue weighted by molar-refractivity contribution is 7.99. The third-order valence-corrected chi connectivity index (χ3v) is 3.84. The molecule has 0 bridgehead atoms. The van der Waals surface area contributed by atoms with Gasteiger partial charge >= 0.3 is 5.97 Å². The van der Waals surface area contributed by atoms with Crippen LogP contribution in [0.3, 0.4) is 0 Å². The van der Waals surface area contributed by atoms with E-state index in [1.807, 2.05) is 6.92 Å². The molecule has 0 aromatic heterocycles. The molecule has 0 aliphatic rings. The summed E-state index contributed by atoms with van der Waals surface area (Å²) in [7, 11) is 0. The Labute approximate surface area is 84.1 Å². The minimum atomic E-state index is -0.722. The molecule has 0 aromatic carbocycles. The van der Waals surface area contributed by atoms with E-state index < -0.39 is 5.97 Å². The van der Waals surface area contributed by atoms with Crippen molar-refractivity contribution in [2.75, 3.05) is 12.3 Å². The minimum Gasteiger partial charge on any atom is -0.481 e. The number of carboxylic acids is 1. The third kappa shape index (κ3) is 5.16. The Bertz CT molecular complexity index is 164. The summed E-state index contributed by atoms with van der Waals surface area (Å²) in [6.45, 7) is 6.44. The van der Waals surface area contributed by atoms with Gasteiger partial charge in [0.15, 0.2) is 0 Å². The van der Waals surface area contributed by atoms with Gasteiger partial charge < -0.3 is 10.8 Å². The van der Waals surface area contributed by atoms with Gasteiger partial charge in [-0.15, -0.1) is 0 Å². The molecule has 3 nitrogen and oxygen atoms in total. The van der Waals surface area contributed by atoms with E-state index in [-0.39, 0.29) is 11.2 Å². The molecule has 0 amide bonds. The lowest BCUT2D eigenvalue weighted by molar-refractivity contribution is -0.140. The van der Waals surface area contributed by atoms with Crippen molar-refractivity contribution in [2.45, 2.75) is 26.0 Å². The highest BCUT2D eigenvalue weighted by Crippen LogP contribution is 2.21. The maximum absolute atomic E-state index is 10.6. The summed E-state index contributed by atoms with van der Waals surface area (Å²) in [4.78, 5) is 10.6. The molecule has 3 atom stereocenters. The first-order valence-corrected chi connectivity index (χ1v) is 5.58. The largest absolute Gasteiger partial charge is 0.481 e. The van der Waals surface area contributed by atoms with Crippen LogP contribution in [0, 0.1) is 11.8 Å². The number of carbonyl (C=O) groups is 1. The zero-order valence-electron chi connectivity index (χ0n) is 8.49. The Morgan fingerprint density at radius 1 is 1.46 bits per heavy atom. The van der Waals surface area contributed by atoms with Crippen molar-refractivity contribution in [3.8, 4) is 0 Å². The molecule has 4 heteroatoms. The first-order chi connectivity index (χ1) is 5.99. The molecule has 0 saturated heterocycles. The summed E-state index contributed by atoms with van der Waals surface area (Å²) >= 11 is 1.68. The molecule has 0 fully saturated rings. The van der Waals surface area contributed by atoms with Crippen molar-refractivity contribution in [1.29, 1.82) is 0 Å². The van der Waals surface area contributed by atoms with Crippen LogP contribution in [-0.4, -0.2) is 28.6 Å². The molecule has 0 heterocycles. The molecule has 0 saturated carbocycles. The number of hydrogen-bond acceptors (Lipinski definition) is 3. The highest BCUT2D eigenvalue weighted by Gasteiger charge is 2.19. The summed E-state index contributed by atoms with van der Waals surface area (Å²) in [5.74, 6) is 0.402. The van der Waals surface area contributed by atoms with Gasteiger partial charge in [0.05, 0.1) is 5.92 Å². The summed E-state index contributed by atoms with van der Waals surface area (Å²) < 4.78 is 0. The first kappa shape index (κ1) is 12.8. The molecule has 0 aromatic rings. The van der Waals surface area contributed by atoms with Crippen molar-refractivity contribution in [3.63, 3.8) is 0 Å². The minimum absolute atomic E-state index is 0.159. The van der Waals surface area contributed by atoms with Crippen LogP contribution >= 0.6 is 11.8 Å². The van der Waals surface area contributed by atoms with E-state index in [1.165, 1.54) is 0 Å². The fourth-order valence-corrected chi connectivity index (χ4v) is 1.90. The monoisotopic (exact) mass is 205 g/mol. The van der Waals surface area contributed by atoms with Crippen molar-refractivity contribution in [2.24, 2.45) is 17.6 Å². The number of nitrogens with two attached hydrogens (primary N) is 1. The number of thioether (sulfide) groups is 1. The average Bonchev–Trinajstić information content (AvgIpc) is 2.11. The van der Waals surface area contributed by atoms with Crippen molar-refractivity contribution < 1.29 is 9.90 Å². The fraction of sp³-hybridized carbons (Fsp3) is 0.889. The summed E-state index contributed by atoms with van der Waals surface area (Å²) in [6, 6.07) is 0. The van der Waals surface area contributed by atoms with E-state index in [1.54, 1.807) is 18.7 Å². The molecular weight excluding hydrogens is 186 g/mol. The highest BCUT2D eigenvalue weighted by atomic mass is 32.2. The average molecular weight is 205 g/mol. The van der Waals surface area contributed by atoms with E-state index in [0.29, 0.717) is 12.5 Å². The van der Waals surface area contributed by atoms with Gasteiger partial charge in [-0.25, -0.2) is 0 Å². The first-order valence-electron chi connectivity index (χ1n) is 4.53. The Morgan fingerprint density at radius 3 is 2.38 bits per heavy atom. The van der Waals surface area contributed by atoms with Gasteiger partial charge in [0, 0.05) is 5.25 Å². The Balaban J connectivity index is 3.73. The molecule has 0 aliphatic carbocycles. The number of rotatable bonds is 6. The second-order valence-electron chi connectivity index (χ2n) is 3.51. The van der Waals surface area contributed by atoms with Gasteiger partial charge in [-0.3, -0.25) is 4.79 Å². The molecule has 3 N–H and O–H groups in total. The van der Waals surface area contributed by atoms with E-state index in [4.69, 9.17) is 10.8 Å². The number of aliphatic carboxylic acids is 1. The summed E-state index contributed by atoms with van der Waals surface area (Å²) in [5, 5.41) is 8.90. The number of hydrogen-bond donors (Lipinski definition) is 2.